The van der Waals surface area contributed by atoms with E-state index in [0.29, 0.717) is 39.4 Å². The van der Waals surface area contributed by atoms with Crippen molar-refractivity contribution in [3.8, 4) is 11.5 Å². The lowest BCUT2D eigenvalue weighted by molar-refractivity contribution is -0.121. The number of carbonyl (C=O) groups excluding carboxylic acids is 2. The Morgan fingerprint density at radius 2 is 2.03 bits per heavy atom. The minimum atomic E-state index is -0.409. The third kappa shape index (κ3) is 5.97. The van der Waals surface area contributed by atoms with Crippen LogP contribution in [0.2, 0.25) is 0 Å². The number of hydrogen-bond donors (Lipinski definition) is 0. The maximum Gasteiger partial charge on any atom is 0.338 e. The van der Waals surface area contributed by atoms with Gasteiger partial charge < -0.3 is 14.2 Å². The fourth-order valence-corrected chi connectivity index (χ4v) is 4.54. The van der Waals surface area contributed by atoms with Gasteiger partial charge in [-0.25, -0.2) is 9.79 Å². The van der Waals surface area contributed by atoms with Crippen LogP contribution in [0.1, 0.15) is 36.7 Å². The molecule has 0 aromatic heterocycles. The number of carbonyl (C=O) groups is 2. The third-order valence-electron chi connectivity index (χ3n) is 4.49. The number of benzene rings is 2. The molecule has 0 atom stereocenters. The van der Waals surface area contributed by atoms with Crippen LogP contribution >= 0.6 is 27.7 Å². The SMILES string of the molecule is CCOC(=O)c1cccc(N=C2SC(=Cc3cc(Br)c(OC(C)C)c(OC)c3)C(=O)N2C)c1. The molecule has 0 saturated carbocycles. The highest BCUT2D eigenvalue weighted by Crippen LogP contribution is 2.39. The predicted octanol–water partition coefficient (Wildman–Crippen LogP) is 5.66. The lowest BCUT2D eigenvalue weighted by Crippen LogP contribution is -2.23. The number of ether oxygens (including phenoxy) is 3. The van der Waals surface area contributed by atoms with Gasteiger partial charge in [0.15, 0.2) is 16.7 Å². The molecule has 2 aromatic rings. The molecule has 0 bridgehead atoms. The first kappa shape index (κ1) is 24.9. The molecule has 0 unspecified atom stereocenters. The van der Waals surface area contributed by atoms with Gasteiger partial charge in [-0.2, -0.15) is 0 Å². The van der Waals surface area contributed by atoms with Crippen LogP contribution < -0.4 is 9.47 Å². The number of esters is 1. The number of likely N-dealkylation sites (N-methyl/N-ethyl adjacent to an activating group) is 1. The van der Waals surface area contributed by atoms with Crippen LogP contribution in [0, 0.1) is 0 Å². The van der Waals surface area contributed by atoms with Crippen molar-refractivity contribution in [1.29, 1.82) is 0 Å². The summed E-state index contributed by atoms with van der Waals surface area (Å²) >= 11 is 4.79. The van der Waals surface area contributed by atoms with Crippen LogP contribution in [-0.2, 0) is 9.53 Å². The van der Waals surface area contributed by atoms with E-state index in [9.17, 15) is 9.59 Å². The van der Waals surface area contributed by atoms with Crippen LogP contribution in [0.3, 0.4) is 0 Å². The zero-order chi connectivity index (χ0) is 24.1. The molecule has 0 aliphatic carbocycles. The standard InChI is InChI=1S/C24H25BrN2O5S/c1-6-31-23(29)16-8-7-9-17(13-16)26-24-27(4)22(28)20(33-24)12-15-10-18(25)21(32-14(2)3)19(11-15)30-5/h7-14H,6H2,1-5H3. The number of aliphatic imine (C=N–C) groups is 1. The molecule has 9 heteroatoms. The molecule has 3 rings (SSSR count). The molecule has 1 amide bonds. The first-order chi connectivity index (χ1) is 15.7. The Kier molecular flexibility index (Phi) is 8.20. The number of hydrogen-bond acceptors (Lipinski definition) is 7. The van der Waals surface area contributed by atoms with E-state index in [4.69, 9.17) is 14.2 Å². The fraction of sp³-hybridized carbons (Fsp3) is 0.292. The summed E-state index contributed by atoms with van der Waals surface area (Å²) in [6.45, 7) is 5.93. The summed E-state index contributed by atoms with van der Waals surface area (Å²) in [5.74, 6) is 0.602. The summed E-state index contributed by atoms with van der Waals surface area (Å²) in [4.78, 5) is 31.4. The normalized spacial score (nSPS) is 16.1. The number of amidine groups is 1. The Balaban J connectivity index is 1.89. The summed E-state index contributed by atoms with van der Waals surface area (Å²) in [5.41, 5.74) is 1.75. The van der Waals surface area contributed by atoms with Crippen molar-refractivity contribution in [2.45, 2.75) is 26.9 Å². The molecule has 0 N–H and O–H groups in total. The first-order valence-electron chi connectivity index (χ1n) is 10.3. The lowest BCUT2D eigenvalue weighted by atomic mass is 10.2. The lowest BCUT2D eigenvalue weighted by Gasteiger charge is -2.16. The number of methoxy groups -OCH3 is 1. The largest absolute Gasteiger partial charge is 0.493 e. The van der Waals surface area contributed by atoms with Crippen LogP contribution in [0.25, 0.3) is 6.08 Å². The minimum Gasteiger partial charge on any atom is -0.493 e. The molecule has 33 heavy (non-hydrogen) atoms. The van der Waals surface area contributed by atoms with Gasteiger partial charge in [-0.1, -0.05) is 6.07 Å². The third-order valence-corrected chi connectivity index (χ3v) is 6.14. The fourth-order valence-electron chi connectivity index (χ4n) is 3.00. The maximum absolute atomic E-state index is 12.8. The van der Waals surface area contributed by atoms with Crippen molar-refractivity contribution in [1.82, 2.24) is 4.90 Å². The van der Waals surface area contributed by atoms with Gasteiger partial charge in [0.25, 0.3) is 5.91 Å². The summed E-state index contributed by atoms with van der Waals surface area (Å²) in [7, 11) is 3.24. The molecule has 1 aliphatic heterocycles. The van der Waals surface area contributed by atoms with Crippen molar-refractivity contribution in [2.75, 3.05) is 20.8 Å². The van der Waals surface area contributed by atoms with Gasteiger partial charge in [0.1, 0.15) is 0 Å². The second-order valence-electron chi connectivity index (χ2n) is 7.34. The smallest absolute Gasteiger partial charge is 0.338 e. The number of halogens is 1. The second-order valence-corrected chi connectivity index (χ2v) is 9.20. The van der Waals surface area contributed by atoms with Gasteiger partial charge in [0.2, 0.25) is 0 Å². The van der Waals surface area contributed by atoms with Gasteiger partial charge >= 0.3 is 5.97 Å². The topological polar surface area (TPSA) is 77.4 Å². The molecule has 1 aliphatic rings. The van der Waals surface area contributed by atoms with Gasteiger partial charge in [-0.15, -0.1) is 0 Å². The van der Waals surface area contributed by atoms with E-state index in [1.807, 2.05) is 26.0 Å². The molecule has 1 heterocycles. The number of thioether (sulfide) groups is 1. The average molecular weight is 533 g/mol. The quantitative estimate of drug-likeness (QED) is 0.338. The summed E-state index contributed by atoms with van der Waals surface area (Å²) < 4.78 is 17.1. The molecule has 1 saturated heterocycles. The Morgan fingerprint density at radius 3 is 2.70 bits per heavy atom. The Labute approximate surface area is 205 Å². The first-order valence-corrected chi connectivity index (χ1v) is 11.9. The molecular formula is C24H25BrN2O5S. The van der Waals surface area contributed by atoms with Crippen LogP contribution in [-0.4, -0.2) is 48.8 Å². The summed E-state index contributed by atoms with van der Waals surface area (Å²) in [6.07, 6.45) is 1.77. The van der Waals surface area contributed by atoms with Gasteiger partial charge in [-0.05, 0) is 90.4 Å². The van der Waals surface area contributed by atoms with E-state index in [-0.39, 0.29) is 12.0 Å². The zero-order valence-corrected chi connectivity index (χ0v) is 21.5. The Bertz CT molecular complexity index is 1130. The Morgan fingerprint density at radius 1 is 1.27 bits per heavy atom. The molecular weight excluding hydrogens is 508 g/mol. The molecule has 174 valence electrons. The summed E-state index contributed by atoms with van der Waals surface area (Å²) in [6, 6.07) is 10.5. The molecule has 1 fully saturated rings. The maximum atomic E-state index is 12.8. The van der Waals surface area contributed by atoms with Crippen molar-refractivity contribution < 1.29 is 23.8 Å². The van der Waals surface area contributed by atoms with E-state index >= 15 is 0 Å². The monoisotopic (exact) mass is 532 g/mol. The van der Waals surface area contributed by atoms with E-state index in [2.05, 4.69) is 20.9 Å². The van der Waals surface area contributed by atoms with Gasteiger partial charge in [0.05, 0.1) is 40.4 Å². The van der Waals surface area contributed by atoms with E-state index in [0.717, 1.165) is 10.0 Å². The minimum absolute atomic E-state index is 0.0129. The highest BCUT2D eigenvalue weighted by Gasteiger charge is 2.30. The predicted molar refractivity (Wildman–Crippen MR) is 134 cm³/mol. The highest BCUT2D eigenvalue weighted by molar-refractivity contribution is 9.10. The van der Waals surface area contributed by atoms with Crippen LogP contribution in [0.15, 0.2) is 50.8 Å². The molecule has 0 radical (unpaired) electrons. The Hall–Kier alpha value is -2.78. The van der Waals surface area contributed by atoms with Gasteiger partial charge in [0, 0.05) is 7.05 Å². The zero-order valence-electron chi connectivity index (χ0n) is 19.0. The van der Waals surface area contributed by atoms with Crippen LogP contribution in [0.4, 0.5) is 5.69 Å². The highest BCUT2D eigenvalue weighted by atomic mass is 79.9. The second kappa shape index (κ2) is 10.9. The van der Waals surface area contributed by atoms with Crippen molar-refractivity contribution in [3.63, 3.8) is 0 Å². The molecule has 0 spiro atoms. The summed E-state index contributed by atoms with van der Waals surface area (Å²) in [5, 5.41) is 0.512. The number of nitrogens with zero attached hydrogens (tertiary/aromatic N) is 2. The van der Waals surface area contributed by atoms with E-state index in [1.165, 1.54) is 16.7 Å². The van der Waals surface area contributed by atoms with E-state index < -0.39 is 5.97 Å². The van der Waals surface area contributed by atoms with E-state index in [1.54, 1.807) is 51.4 Å². The van der Waals surface area contributed by atoms with Crippen LogP contribution in [0.5, 0.6) is 11.5 Å². The van der Waals surface area contributed by atoms with Gasteiger partial charge in [-0.3, -0.25) is 9.69 Å². The van der Waals surface area contributed by atoms with Crippen molar-refractivity contribution in [2.24, 2.45) is 4.99 Å². The average Bonchev–Trinajstić information content (AvgIpc) is 3.03. The molecule has 7 nitrogen and oxygen atoms in total. The van der Waals surface area contributed by atoms with Crippen molar-refractivity contribution in [3.05, 3.63) is 56.9 Å². The number of amides is 1. The molecule has 2 aromatic carbocycles. The van der Waals surface area contributed by atoms with Crippen molar-refractivity contribution >= 4 is 56.5 Å². The number of rotatable bonds is 7.